The number of ketones is 1. The summed E-state index contributed by atoms with van der Waals surface area (Å²) in [5, 5.41) is 0.631. The molecule has 142 valence electrons. The second-order valence-electron chi connectivity index (χ2n) is 6.43. The maximum absolute atomic E-state index is 13.3. The number of hydrogen-bond donors (Lipinski definition) is 1. The Hall–Kier alpha value is -3.06. The predicted molar refractivity (Wildman–Crippen MR) is 107 cm³/mol. The Balaban J connectivity index is 1.61. The third-order valence-corrected chi connectivity index (χ3v) is 5.50. The summed E-state index contributed by atoms with van der Waals surface area (Å²) in [6.07, 6.45) is 0.565. The minimum absolute atomic E-state index is 0.142. The third kappa shape index (κ3) is 3.66. The fourth-order valence-electron chi connectivity index (χ4n) is 3.21. The molecule has 0 aliphatic carbocycles. The molecule has 1 saturated heterocycles. The van der Waals surface area contributed by atoms with Gasteiger partial charge in [-0.1, -0.05) is 60.3 Å². The van der Waals surface area contributed by atoms with Gasteiger partial charge in [0.05, 0.1) is 0 Å². The molecule has 2 aromatic carbocycles. The summed E-state index contributed by atoms with van der Waals surface area (Å²) < 4.78 is 5.58. The number of nitrogens with zero attached hydrogens (tertiary/aromatic N) is 1. The number of ether oxygens (including phenoxy) is 1. The van der Waals surface area contributed by atoms with E-state index in [0.29, 0.717) is 23.4 Å². The first-order valence-corrected chi connectivity index (χ1v) is 9.88. The number of rotatable bonds is 6. The van der Waals surface area contributed by atoms with Crippen LogP contribution in [0.3, 0.4) is 0 Å². The molecule has 1 aromatic heterocycles. The van der Waals surface area contributed by atoms with Crippen molar-refractivity contribution in [3.05, 3.63) is 71.9 Å². The molecule has 1 N–H and O–H groups in total. The Kier molecular flexibility index (Phi) is 5.16. The highest BCUT2D eigenvalue weighted by molar-refractivity contribution is 8.13. The van der Waals surface area contributed by atoms with Crippen LogP contribution in [0.15, 0.2) is 60.8 Å². The van der Waals surface area contributed by atoms with Gasteiger partial charge in [0.1, 0.15) is 6.54 Å². The first-order valence-electron chi connectivity index (χ1n) is 8.90. The fourth-order valence-corrected chi connectivity index (χ4v) is 4.04. The van der Waals surface area contributed by atoms with E-state index < -0.39 is 12.1 Å². The van der Waals surface area contributed by atoms with Gasteiger partial charge in [0.15, 0.2) is 6.10 Å². The molecule has 1 amide bonds. The zero-order chi connectivity index (χ0) is 19.5. The number of Topliss-reactive ketones (excluding diaryl/α,β-unsaturated/α-hetero) is 1. The molecule has 2 heterocycles. The van der Waals surface area contributed by atoms with E-state index in [1.807, 2.05) is 30.3 Å². The SMILES string of the molecule is O=C(CN1CCSC1=O)O[C@H](C(=O)c1c[nH]c2ccccc12)c1ccccc1. The van der Waals surface area contributed by atoms with Crippen LogP contribution < -0.4 is 0 Å². The zero-order valence-electron chi connectivity index (χ0n) is 15.0. The van der Waals surface area contributed by atoms with Gasteiger partial charge >= 0.3 is 5.97 Å². The number of para-hydroxylation sites is 1. The van der Waals surface area contributed by atoms with Gasteiger partial charge in [0.25, 0.3) is 5.24 Å². The summed E-state index contributed by atoms with van der Waals surface area (Å²) >= 11 is 1.18. The number of hydrogen-bond acceptors (Lipinski definition) is 5. The number of nitrogens with one attached hydrogen (secondary N) is 1. The van der Waals surface area contributed by atoms with Crippen LogP contribution in [0, 0.1) is 0 Å². The van der Waals surface area contributed by atoms with Crippen LogP contribution in [0.25, 0.3) is 10.9 Å². The molecular weight excluding hydrogens is 376 g/mol. The molecule has 6 nitrogen and oxygen atoms in total. The van der Waals surface area contributed by atoms with Crippen molar-refractivity contribution < 1.29 is 19.1 Å². The van der Waals surface area contributed by atoms with Crippen molar-refractivity contribution in [1.82, 2.24) is 9.88 Å². The molecule has 1 fully saturated rings. The van der Waals surface area contributed by atoms with Crippen LogP contribution in [0.1, 0.15) is 22.0 Å². The summed E-state index contributed by atoms with van der Waals surface area (Å²) in [6, 6.07) is 16.4. The number of benzene rings is 2. The molecule has 1 aliphatic heterocycles. The number of thioether (sulfide) groups is 1. The average molecular weight is 394 g/mol. The predicted octanol–water partition coefficient (Wildman–Crippen LogP) is 3.80. The van der Waals surface area contributed by atoms with Crippen molar-refractivity contribution in [2.45, 2.75) is 6.10 Å². The summed E-state index contributed by atoms with van der Waals surface area (Å²) in [6.45, 7) is 0.349. The van der Waals surface area contributed by atoms with Crippen LogP contribution in [0.2, 0.25) is 0 Å². The van der Waals surface area contributed by atoms with Crippen LogP contribution in [0.5, 0.6) is 0 Å². The molecule has 0 saturated carbocycles. The molecule has 0 radical (unpaired) electrons. The second kappa shape index (κ2) is 7.90. The third-order valence-electron chi connectivity index (χ3n) is 4.61. The Morgan fingerprint density at radius 1 is 1.11 bits per heavy atom. The number of carbonyl (C=O) groups is 3. The van der Waals surface area contributed by atoms with Crippen LogP contribution >= 0.6 is 11.8 Å². The first kappa shape index (κ1) is 18.3. The van der Waals surface area contributed by atoms with Gasteiger partial charge in [-0.05, 0) is 6.07 Å². The fraction of sp³-hybridized carbons (Fsp3) is 0.190. The quantitative estimate of drug-likeness (QED) is 0.508. The maximum atomic E-state index is 13.3. The lowest BCUT2D eigenvalue weighted by molar-refractivity contribution is -0.147. The molecule has 4 rings (SSSR count). The summed E-state index contributed by atoms with van der Waals surface area (Å²) in [5.41, 5.74) is 1.89. The standard InChI is InChI=1S/C21H18N2O4S/c24-18(13-23-10-11-28-21(23)26)27-20(14-6-2-1-3-7-14)19(25)16-12-22-17-9-5-4-8-15(16)17/h1-9,12,20,22H,10-11,13H2/t20-/m0/s1. The molecule has 0 unspecified atom stereocenters. The van der Waals surface area contributed by atoms with Crippen molar-refractivity contribution in [3.8, 4) is 0 Å². The molecule has 0 spiro atoms. The van der Waals surface area contributed by atoms with Crippen LogP contribution in [-0.2, 0) is 9.53 Å². The summed E-state index contributed by atoms with van der Waals surface area (Å²) in [7, 11) is 0. The number of fused-ring (bicyclic) bond motifs is 1. The van der Waals surface area contributed by atoms with Gasteiger partial charge in [-0.15, -0.1) is 0 Å². The van der Waals surface area contributed by atoms with E-state index in [4.69, 9.17) is 4.74 Å². The molecular formula is C21H18N2O4S. The number of aromatic amines is 1. The highest BCUT2D eigenvalue weighted by Crippen LogP contribution is 2.27. The number of aromatic nitrogens is 1. The highest BCUT2D eigenvalue weighted by atomic mass is 32.2. The Labute approximate surface area is 165 Å². The minimum Gasteiger partial charge on any atom is -0.448 e. The maximum Gasteiger partial charge on any atom is 0.326 e. The summed E-state index contributed by atoms with van der Waals surface area (Å²) in [4.78, 5) is 42.0. The van der Waals surface area contributed by atoms with Gasteiger partial charge < -0.3 is 14.6 Å². The Morgan fingerprint density at radius 3 is 2.61 bits per heavy atom. The zero-order valence-corrected chi connectivity index (χ0v) is 15.8. The van der Waals surface area contributed by atoms with E-state index in [9.17, 15) is 14.4 Å². The topological polar surface area (TPSA) is 79.5 Å². The largest absolute Gasteiger partial charge is 0.448 e. The van der Waals surface area contributed by atoms with E-state index in [-0.39, 0.29) is 17.6 Å². The van der Waals surface area contributed by atoms with E-state index in [2.05, 4.69) is 4.98 Å². The molecule has 1 aliphatic rings. The Bertz CT molecular complexity index is 1030. The van der Waals surface area contributed by atoms with E-state index >= 15 is 0 Å². The molecule has 3 aromatic rings. The Morgan fingerprint density at radius 2 is 1.86 bits per heavy atom. The first-order chi connectivity index (χ1) is 13.6. The van der Waals surface area contributed by atoms with Gasteiger partial charge in [0, 0.05) is 40.5 Å². The van der Waals surface area contributed by atoms with Crippen molar-refractivity contribution in [3.63, 3.8) is 0 Å². The molecule has 7 heteroatoms. The number of H-pyrrole nitrogens is 1. The lowest BCUT2D eigenvalue weighted by Gasteiger charge is -2.19. The second-order valence-corrected chi connectivity index (χ2v) is 7.47. The number of carbonyl (C=O) groups excluding carboxylic acids is 3. The minimum atomic E-state index is -1.07. The van der Waals surface area contributed by atoms with Gasteiger partial charge in [-0.25, -0.2) is 0 Å². The molecule has 1 atom stereocenters. The van der Waals surface area contributed by atoms with Crippen molar-refractivity contribution >= 4 is 39.7 Å². The van der Waals surface area contributed by atoms with Gasteiger partial charge in [-0.2, -0.15) is 0 Å². The molecule has 28 heavy (non-hydrogen) atoms. The summed E-state index contributed by atoms with van der Waals surface area (Å²) in [5.74, 6) is -0.250. The van der Waals surface area contributed by atoms with Crippen LogP contribution in [0.4, 0.5) is 4.79 Å². The van der Waals surface area contributed by atoms with E-state index in [0.717, 1.165) is 10.9 Å². The number of amides is 1. The van der Waals surface area contributed by atoms with E-state index in [1.165, 1.54) is 16.7 Å². The lowest BCUT2D eigenvalue weighted by atomic mass is 9.99. The van der Waals surface area contributed by atoms with Gasteiger partial charge in [-0.3, -0.25) is 14.4 Å². The smallest absolute Gasteiger partial charge is 0.326 e. The average Bonchev–Trinajstić information content (AvgIpc) is 3.32. The van der Waals surface area contributed by atoms with E-state index in [1.54, 1.807) is 30.5 Å². The van der Waals surface area contributed by atoms with Crippen molar-refractivity contribution in [1.29, 1.82) is 0 Å². The highest BCUT2D eigenvalue weighted by Gasteiger charge is 2.30. The van der Waals surface area contributed by atoms with Crippen molar-refractivity contribution in [2.24, 2.45) is 0 Å². The monoisotopic (exact) mass is 394 g/mol. The normalized spacial score (nSPS) is 15.0. The number of esters is 1. The molecule has 0 bridgehead atoms. The van der Waals surface area contributed by atoms with Crippen molar-refractivity contribution in [2.75, 3.05) is 18.8 Å². The van der Waals surface area contributed by atoms with Gasteiger partial charge in [0.2, 0.25) is 5.78 Å². The van der Waals surface area contributed by atoms with Crippen LogP contribution in [-0.4, -0.2) is 45.7 Å². The lowest BCUT2D eigenvalue weighted by Crippen LogP contribution is -2.32.